The van der Waals surface area contributed by atoms with Crippen LogP contribution in [-0.4, -0.2) is 65.3 Å². The number of hydrogen-bond acceptors (Lipinski definition) is 5. The van der Waals surface area contributed by atoms with Crippen molar-refractivity contribution in [2.45, 2.75) is 45.1 Å². The Morgan fingerprint density at radius 2 is 1.69 bits per heavy atom. The predicted molar refractivity (Wildman–Crippen MR) is 134 cm³/mol. The molecule has 0 unspecified atom stereocenters. The summed E-state index contributed by atoms with van der Waals surface area (Å²) in [6.45, 7) is 5.43. The topological polar surface area (TPSA) is 95.8 Å². The Bertz CT molecular complexity index is 1040. The van der Waals surface area contributed by atoms with E-state index >= 15 is 0 Å². The highest BCUT2D eigenvalue weighted by molar-refractivity contribution is 5.95. The number of carbonyl (C=O) groups excluding carboxylic acids is 2. The first-order valence-corrected chi connectivity index (χ1v) is 12.5. The molecule has 2 aliphatic rings. The van der Waals surface area contributed by atoms with E-state index in [1.165, 1.54) is 11.6 Å². The molecule has 2 amide bonds. The van der Waals surface area contributed by atoms with E-state index in [2.05, 4.69) is 22.3 Å². The molecule has 2 fully saturated rings. The van der Waals surface area contributed by atoms with Crippen LogP contribution in [-0.2, 0) is 11.2 Å². The zero-order chi connectivity index (χ0) is 24.8. The molecule has 0 bridgehead atoms. The van der Waals surface area contributed by atoms with E-state index in [4.69, 9.17) is 0 Å². The molecule has 1 N–H and O–H groups in total. The summed E-state index contributed by atoms with van der Waals surface area (Å²) >= 11 is 0. The average Bonchev–Trinajstić information content (AvgIpc) is 2.89. The number of nitro groups is 1. The normalized spacial score (nSPS) is 17.8. The van der Waals surface area contributed by atoms with Gasteiger partial charge in [0.25, 0.3) is 11.6 Å². The Labute approximate surface area is 206 Å². The van der Waals surface area contributed by atoms with E-state index in [0.29, 0.717) is 36.8 Å². The van der Waals surface area contributed by atoms with E-state index in [1.807, 2.05) is 18.2 Å². The Morgan fingerprint density at radius 1 is 1.00 bits per heavy atom. The van der Waals surface area contributed by atoms with E-state index in [1.54, 1.807) is 24.0 Å². The second kappa shape index (κ2) is 11.4. The minimum absolute atomic E-state index is 0.0160. The van der Waals surface area contributed by atoms with Gasteiger partial charge in [0.15, 0.2) is 0 Å². The molecule has 186 valence electrons. The van der Waals surface area contributed by atoms with Crippen molar-refractivity contribution in [3.05, 3.63) is 75.3 Å². The summed E-state index contributed by atoms with van der Waals surface area (Å²) in [7, 11) is 0. The fourth-order valence-electron chi connectivity index (χ4n) is 5.20. The number of aryl methyl sites for hydroxylation is 1. The number of amides is 2. The summed E-state index contributed by atoms with van der Waals surface area (Å²) in [5.41, 5.74) is 2.14. The van der Waals surface area contributed by atoms with E-state index in [9.17, 15) is 19.7 Å². The average molecular weight is 479 g/mol. The molecule has 0 atom stereocenters. The van der Waals surface area contributed by atoms with E-state index < -0.39 is 4.92 Å². The maximum atomic E-state index is 12.9. The van der Waals surface area contributed by atoms with Gasteiger partial charge in [-0.15, -0.1) is 0 Å². The molecule has 8 nitrogen and oxygen atoms in total. The van der Waals surface area contributed by atoms with Crippen molar-refractivity contribution in [2.75, 3.05) is 32.7 Å². The highest BCUT2D eigenvalue weighted by Crippen LogP contribution is 2.26. The van der Waals surface area contributed by atoms with Crippen LogP contribution in [0.1, 0.15) is 47.2 Å². The number of rotatable bonds is 7. The molecule has 8 heteroatoms. The molecule has 2 aromatic rings. The molecule has 4 rings (SSSR count). The summed E-state index contributed by atoms with van der Waals surface area (Å²) in [6.07, 6.45) is 4.34. The number of piperidine rings is 2. The van der Waals surface area contributed by atoms with Crippen LogP contribution in [0.5, 0.6) is 0 Å². The molecule has 2 heterocycles. The molecule has 0 radical (unpaired) electrons. The maximum Gasteiger partial charge on any atom is 0.273 e. The number of carbonyl (C=O) groups is 2. The van der Waals surface area contributed by atoms with E-state index in [-0.39, 0.29) is 23.4 Å². The first kappa shape index (κ1) is 24.9. The standard InChI is InChI=1S/C27H34N4O4/c1-20-7-8-23(19-25(20)31(34)35)27(33)30-17-12-24(13-18-30)29-15-10-22(11-16-29)26(32)28-14-9-21-5-3-2-4-6-21/h2-8,19,22,24H,9-18H2,1H3,(H,28,32). The van der Waals surface area contributed by atoms with Gasteiger partial charge in [0, 0.05) is 48.8 Å². The van der Waals surface area contributed by atoms with Crippen LogP contribution in [0, 0.1) is 23.0 Å². The van der Waals surface area contributed by atoms with Crippen molar-refractivity contribution in [3.8, 4) is 0 Å². The molecule has 0 saturated carbocycles. The van der Waals surface area contributed by atoms with Gasteiger partial charge in [0.05, 0.1) is 4.92 Å². The lowest BCUT2D eigenvalue weighted by Crippen LogP contribution is -2.50. The molecular formula is C27H34N4O4. The fraction of sp³-hybridized carbons (Fsp3) is 0.481. The lowest BCUT2D eigenvalue weighted by atomic mass is 9.92. The van der Waals surface area contributed by atoms with Crippen LogP contribution in [0.25, 0.3) is 0 Å². The van der Waals surface area contributed by atoms with Crippen LogP contribution >= 0.6 is 0 Å². The number of benzene rings is 2. The highest BCUT2D eigenvalue weighted by atomic mass is 16.6. The molecule has 2 aliphatic heterocycles. The van der Waals surface area contributed by atoms with Gasteiger partial charge in [-0.1, -0.05) is 36.4 Å². The van der Waals surface area contributed by atoms with Gasteiger partial charge >= 0.3 is 0 Å². The minimum Gasteiger partial charge on any atom is -0.356 e. The van der Waals surface area contributed by atoms with Crippen LogP contribution < -0.4 is 5.32 Å². The number of nitrogens with zero attached hydrogens (tertiary/aromatic N) is 3. The Hall–Kier alpha value is -3.26. The van der Waals surface area contributed by atoms with Crippen molar-refractivity contribution < 1.29 is 14.5 Å². The van der Waals surface area contributed by atoms with Gasteiger partial charge in [-0.2, -0.15) is 0 Å². The first-order chi connectivity index (χ1) is 16.9. The Kier molecular flexibility index (Phi) is 8.13. The first-order valence-electron chi connectivity index (χ1n) is 12.5. The zero-order valence-electron chi connectivity index (χ0n) is 20.3. The summed E-state index contributed by atoms with van der Waals surface area (Å²) in [5.74, 6) is 0.0895. The molecule has 0 aromatic heterocycles. The highest BCUT2D eigenvalue weighted by Gasteiger charge is 2.32. The lowest BCUT2D eigenvalue weighted by Gasteiger charge is -2.41. The summed E-state index contributed by atoms with van der Waals surface area (Å²) < 4.78 is 0. The molecule has 35 heavy (non-hydrogen) atoms. The Balaban J connectivity index is 1.20. The van der Waals surface area contributed by atoms with Crippen LogP contribution in [0.2, 0.25) is 0 Å². The monoisotopic (exact) mass is 478 g/mol. The number of nitro benzene ring substituents is 1. The van der Waals surface area contributed by atoms with Gasteiger partial charge in [-0.25, -0.2) is 0 Å². The molecule has 2 aromatic carbocycles. The third-order valence-corrected chi connectivity index (χ3v) is 7.38. The summed E-state index contributed by atoms with van der Waals surface area (Å²) in [6, 6.07) is 15.3. The van der Waals surface area contributed by atoms with Crippen molar-refractivity contribution in [1.82, 2.24) is 15.1 Å². The van der Waals surface area contributed by atoms with Crippen molar-refractivity contribution in [2.24, 2.45) is 5.92 Å². The largest absolute Gasteiger partial charge is 0.356 e. The second-order valence-electron chi connectivity index (χ2n) is 9.62. The van der Waals surface area contributed by atoms with Gasteiger partial charge in [-0.05, 0) is 63.7 Å². The second-order valence-corrected chi connectivity index (χ2v) is 9.62. The predicted octanol–water partition coefficient (Wildman–Crippen LogP) is 3.58. The third-order valence-electron chi connectivity index (χ3n) is 7.38. The smallest absolute Gasteiger partial charge is 0.273 e. The summed E-state index contributed by atoms with van der Waals surface area (Å²) in [4.78, 5) is 40.5. The van der Waals surface area contributed by atoms with Crippen LogP contribution in [0.3, 0.4) is 0 Å². The van der Waals surface area contributed by atoms with Crippen molar-refractivity contribution in [3.63, 3.8) is 0 Å². The number of nitrogens with one attached hydrogen (secondary N) is 1. The molecule has 0 spiro atoms. The van der Waals surface area contributed by atoms with Crippen LogP contribution in [0.15, 0.2) is 48.5 Å². The quantitative estimate of drug-likeness (QED) is 0.485. The fourth-order valence-corrected chi connectivity index (χ4v) is 5.20. The van der Waals surface area contributed by atoms with Gasteiger partial charge in [0.1, 0.15) is 0 Å². The van der Waals surface area contributed by atoms with Gasteiger partial charge < -0.3 is 15.1 Å². The molecule has 2 saturated heterocycles. The minimum atomic E-state index is -0.439. The zero-order valence-corrected chi connectivity index (χ0v) is 20.3. The maximum absolute atomic E-state index is 12.9. The molecular weight excluding hydrogens is 444 g/mol. The summed E-state index contributed by atoms with van der Waals surface area (Å²) in [5, 5.41) is 14.3. The van der Waals surface area contributed by atoms with E-state index in [0.717, 1.165) is 45.2 Å². The number of likely N-dealkylation sites (tertiary alicyclic amines) is 2. The van der Waals surface area contributed by atoms with Crippen molar-refractivity contribution in [1.29, 1.82) is 0 Å². The van der Waals surface area contributed by atoms with Crippen molar-refractivity contribution >= 4 is 17.5 Å². The third kappa shape index (κ3) is 6.25. The number of hydrogen-bond donors (Lipinski definition) is 1. The Morgan fingerprint density at radius 3 is 2.34 bits per heavy atom. The van der Waals surface area contributed by atoms with Crippen LogP contribution in [0.4, 0.5) is 5.69 Å². The lowest BCUT2D eigenvalue weighted by molar-refractivity contribution is -0.385. The van der Waals surface area contributed by atoms with Gasteiger partial charge in [-0.3, -0.25) is 19.7 Å². The molecule has 0 aliphatic carbocycles. The SMILES string of the molecule is Cc1ccc(C(=O)N2CCC(N3CCC(C(=O)NCCc4ccccc4)CC3)CC2)cc1[N+](=O)[O-]. The van der Waals surface area contributed by atoms with Gasteiger partial charge in [0.2, 0.25) is 5.91 Å².